The highest BCUT2D eigenvalue weighted by Crippen LogP contribution is 2.32. The smallest absolute Gasteiger partial charge is 0.318 e. The Labute approximate surface area is 177 Å². The van der Waals surface area contributed by atoms with E-state index in [2.05, 4.69) is 57.2 Å². The van der Waals surface area contributed by atoms with Crippen LogP contribution in [0.5, 0.6) is 6.01 Å². The van der Waals surface area contributed by atoms with E-state index >= 15 is 0 Å². The van der Waals surface area contributed by atoms with Crippen molar-refractivity contribution in [2.24, 2.45) is 0 Å². The zero-order valence-corrected chi connectivity index (χ0v) is 17.4. The predicted octanol–water partition coefficient (Wildman–Crippen LogP) is 3.64. The molecule has 1 fully saturated rings. The maximum absolute atomic E-state index is 6.27. The first-order valence-corrected chi connectivity index (χ1v) is 11.0. The fraction of sp³-hybridized carbons (Fsp3) is 0.417. The number of hydrogen-bond donors (Lipinski definition) is 1. The molecular formula is C24H29N5O. The van der Waals surface area contributed by atoms with E-state index < -0.39 is 0 Å². The molecule has 2 aliphatic heterocycles. The van der Waals surface area contributed by atoms with E-state index in [1.54, 1.807) is 0 Å². The lowest BCUT2D eigenvalue weighted by Gasteiger charge is -2.31. The number of nitrogens with two attached hydrogens (primary N) is 1. The lowest BCUT2D eigenvalue weighted by atomic mass is 10.0. The highest BCUT2D eigenvalue weighted by molar-refractivity contribution is 5.94. The van der Waals surface area contributed by atoms with E-state index in [1.165, 1.54) is 35.7 Å². The molecule has 2 aliphatic rings. The summed E-state index contributed by atoms with van der Waals surface area (Å²) in [5.74, 6) is 0.561. The van der Waals surface area contributed by atoms with Crippen molar-refractivity contribution in [1.29, 1.82) is 0 Å². The van der Waals surface area contributed by atoms with Crippen molar-refractivity contribution in [2.75, 3.05) is 43.4 Å². The fourth-order valence-corrected chi connectivity index (χ4v) is 4.64. The van der Waals surface area contributed by atoms with Crippen LogP contribution in [-0.2, 0) is 13.0 Å². The molecule has 1 saturated heterocycles. The molecule has 6 heteroatoms. The van der Waals surface area contributed by atoms with Crippen LogP contribution in [0.2, 0.25) is 0 Å². The van der Waals surface area contributed by atoms with Crippen LogP contribution in [0.25, 0.3) is 10.8 Å². The molecule has 0 spiro atoms. The number of ether oxygens (including phenoxy) is 1. The third-order valence-corrected chi connectivity index (χ3v) is 6.27. The molecule has 2 N–H and O–H groups in total. The van der Waals surface area contributed by atoms with Gasteiger partial charge in [-0.05, 0) is 43.8 Å². The van der Waals surface area contributed by atoms with Gasteiger partial charge < -0.3 is 15.4 Å². The highest BCUT2D eigenvalue weighted by Gasteiger charge is 2.23. The van der Waals surface area contributed by atoms with Crippen LogP contribution < -0.4 is 15.4 Å². The van der Waals surface area contributed by atoms with E-state index in [4.69, 9.17) is 15.5 Å². The van der Waals surface area contributed by atoms with Gasteiger partial charge in [-0.15, -0.1) is 0 Å². The molecule has 156 valence electrons. The lowest BCUT2D eigenvalue weighted by molar-refractivity contribution is 0.177. The Balaban J connectivity index is 1.32. The maximum atomic E-state index is 6.27. The van der Waals surface area contributed by atoms with E-state index in [-0.39, 0.29) is 0 Å². The summed E-state index contributed by atoms with van der Waals surface area (Å²) in [7, 11) is 0. The molecule has 0 radical (unpaired) electrons. The summed E-state index contributed by atoms with van der Waals surface area (Å²) < 4.78 is 5.90. The van der Waals surface area contributed by atoms with Gasteiger partial charge in [-0.25, -0.2) is 0 Å². The summed E-state index contributed by atoms with van der Waals surface area (Å²) in [6.45, 7) is 5.48. The number of benzene rings is 2. The van der Waals surface area contributed by atoms with E-state index in [0.29, 0.717) is 18.4 Å². The quantitative estimate of drug-likeness (QED) is 0.702. The van der Waals surface area contributed by atoms with E-state index in [1.807, 2.05) is 0 Å². The van der Waals surface area contributed by atoms with Crippen molar-refractivity contribution in [3.05, 3.63) is 53.7 Å². The number of fused-ring (bicyclic) bond motifs is 2. The van der Waals surface area contributed by atoms with Crippen molar-refractivity contribution < 1.29 is 4.74 Å². The highest BCUT2D eigenvalue weighted by atomic mass is 16.5. The predicted molar refractivity (Wildman–Crippen MR) is 121 cm³/mol. The number of hydrogen-bond acceptors (Lipinski definition) is 6. The second kappa shape index (κ2) is 8.48. The average Bonchev–Trinajstić information content (AvgIpc) is 2.79. The number of rotatable bonds is 5. The number of aromatic nitrogens is 2. The van der Waals surface area contributed by atoms with Crippen LogP contribution in [0.4, 0.5) is 11.5 Å². The largest absolute Gasteiger partial charge is 0.462 e. The fourth-order valence-electron chi connectivity index (χ4n) is 4.64. The Bertz CT molecular complexity index is 1030. The Hall–Kier alpha value is -2.86. The zero-order valence-electron chi connectivity index (χ0n) is 17.4. The monoisotopic (exact) mass is 403 g/mol. The standard InChI is InChI=1S/C24H29N5O/c25-23-20-11-14-29(22-10-6-8-18-7-2-3-9-19(18)22)17-21(20)26-24(27-23)30-16-15-28-12-4-1-5-13-28/h2-3,6-10H,1,4-5,11-17H2,(H2,25,26,27). The van der Waals surface area contributed by atoms with Gasteiger partial charge in [0.15, 0.2) is 0 Å². The van der Waals surface area contributed by atoms with Gasteiger partial charge in [0.05, 0.1) is 12.2 Å². The first-order chi connectivity index (χ1) is 14.8. The van der Waals surface area contributed by atoms with Crippen LogP contribution in [0.15, 0.2) is 42.5 Å². The van der Waals surface area contributed by atoms with Crippen molar-refractivity contribution in [3.8, 4) is 6.01 Å². The molecule has 0 aliphatic carbocycles. The van der Waals surface area contributed by atoms with Gasteiger partial charge in [0.2, 0.25) is 0 Å². The van der Waals surface area contributed by atoms with Crippen LogP contribution in [0, 0.1) is 0 Å². The van der Waals surface area contributed by atoms with Gasteiger partial charge in [-0.3, -0.25) is 4.90 Å². The number of piperidine rings is 1. The molecule has 0 unspecified atom stereocenters. The normalized spacial score (nSPS) is 17.1. The van der Waals surface area contributed by atoms with E-state index in [9.17, 15) is 0 Å². The summed E-state index contributed by atoms with van der Waals surface area (Å²) >= 11 is 0. The summed E-state index contributed by atoms with van der Waals surface area (Å²) in [6.07, 6.45) is 4.76. The minimum Gasteiger partial charge on any atom is -0.462 e. The minimum absolute atomic E-state index is 0.406. The Morgan fingerprint density at radius 2 is 1.77 bits per heavy atom. The van der Waals surface area contributed by atoms with Crippen molar-refractivity contribution >= 4 is 22.3 Å². The van der Waals surface area contributed by atoms with Gasteiger partial charge in [-0.2, -0.15) is 9.97 Å². The summed E-state index contributed by atoms with van der Waals surface area (Å²) in [4.78, 5) is 14.0. The molecule has 3 aromatic rings. The van der Waals surface area contributed by atoms with Crippen LogP contribution in [0.1, 0.15) is 30.5 Å². The molecule has 0 amide bonds. The Kier molecular flexibility index (Phi) is 5.41. The van der Waals surface area contributed by atoms with Crippen LogP contribution in [-0.4, -0.2) is 47.7 Å². The topological polar surface area (TPSA) is 67.5 Å². The summed E-state index contributed by atoms with van der Waals surface area (Å²) in [5, 5.41) is 2.52. The van der Waals surface area contributed by atoms with Crippen molar-refractivity contribution in [1.82, 2.24) is 14.9 Å². The maximum Gasteiger partial charge on any atom is 0.318 e. The summed E-state index contributed by atoms with van der Waals surface area (Å²) in [6, 6.07) is 15.4. The molecule has 0 bridgehead atoms. The van der Waals surface area contributed by atoms with Gasteiger partial charge in [-0.1, -0.05) is 42.8 Å². The van der Waals surface area contributed by atoms with Gasteiger partial charge in [0.1, 0.15) is 12.4 Å². The molecule has 0 saturated carbocycles. The molecule has 6 nitrogen and oxygen atoms in total. The Morgan fingerprint density at radius 1 is 0.933 bits per heavy atom. The second-order valence-corrected chi connectivity index (χ2v) is 8.24. The third-order valence-electron chi connectivity index (χ3n) is 6.27. The molecular weight excluding hydrogens is 374 g/mol. The van der Waals surface area contributed by atoms with Crippen LogP contribution >= 0.6 is 0 Å². The Morgan fingerprint density at radius 3 is 2.67 bits per heavy atom. The number of anilines is 2. The third kappa shape index (κ3) is 3.92. The van der Waals surface area contributed by atoms with Crippen molar-refractivity contribution in [3.63, 3.8) is 0 Å². The number of likely N-dealkylation sites (tertiary alicyclic amines) is 1. The zero-order chi connectivity index (χ0) is 20.3. The molecule has 30 heavy (non-hydrogen) atoms. The number of nitrogens with zero attached hydrogens (tertiary/aromatic N) is 4. The van der Waals surface area contributed by atoms with Gasteiger partial charge in [0.25, 0.3) is 0 Å². The lowest BCUT2D eigenvalue weighted by Crippen LogP contribution is -2.34. The molecule has 0 atom stereocenters. The molecule has 5 rings (SSSR count). The van der Waals surface area contributed by atoms with Gasteiger partial charge >= 0.3 is 6.01 Å². The second-order valence-electron chi connectivity index (χ2n) is 8.24. The molecule has 3 heterocycles. The first kappa shape index (κ1) is 19.1. The summed E-state index contributed by atoms with van der Waals surface area (Å²) in [5.41, 5.74) is 9.56. The minimum atomic E-state index is 0.406. The van der Waals surface area contributed by atoms with Crippen molar-refractivity contribution in [2.45, 2.75) is 32.2 Å². The number of nitrogen functional groups attached to an aromatic ring is 1. The average molecular weight is 404 g/mol. The van der Waals surface area contributed by atoms with E-state index in [0.717, 1.165) is 50.4 Å². The molecule has 1 aromatic heterocycles. The molecule has 2 aromatic carbocycles. The first-order valence-electron chi connectivity index (χ1n) is 11.0. The van der Waals surface area contributed by atoms with Crippen LogP contribution in [0.3, 0.4) is 0 Å². The van der Waals surface area contributed by atoms with Gasteiger partial charge in [0, 0.05) is 29.7 Å². The SMILES string of the molecule is Nc1nc(OCCN2CCCCC2)nc2c1CCN(c1cccc3ccccc13)C2.